The van der Waals surface area contributed by atoms with Crippen molar-refractivity contribution in [3.8, 4) is 0 Å². The first-order chi connectivity index (χ1) is 7.95. The lowest BCUT2D eigenvalue weighted by atomic mass is 9.85. The monoisotopic (exact) mass is 243 g/mol. The Morgan fingerprint density at radius 1 is 1.29 bits per heavy atom. The lowest BCUT2D eigenvalue weighted by Gasteiger charge is -2.40. The van der Waals surface area contributed by atoms with Crippen molar-refractivity contribution in [3.05, 3.63) is 0 Å². The van der Waals surface area contributed by atoms with Crippen molar-refractivity contribution in [2.24, 2.45) is 5.92 Å². The van der Waals surface area contributed by atoms with E-state index in [0.717, 1.165) is 12.8 Å². The number of likely N-dealkylation sites (tertiary alicyclic amines) is 1. The van der Waals surface area contributed by atoms with E-state index in [2.05, 4.69) is 0 Å². The molecule has 0 aromatic carbocycles. The van der Waals surface area contributed by atoms with Crippen molar-refractivity contribution in [1.29, 1.82) is 0 Å². The van der Waals surface area contributed by atoms with Gasteiger partial charge in [-0.15, -0.1) is 0 Å². The maximum atomic E-state index is 11.4. The molecule has 98 valence electrons. The number of nitrogens with zero attached hydrogens (tertiary/aromatic N) is 1. The molecule has 0 bridgehead atoms. The summed E-state index contributed by atoms with van der Waals surface area (Å²) in [4.78, 5) is 23.9. The molecule has 0 spiro atoms. The Morgan fingerprint density at radius 3 is 2.24 bits per heavy atom. The van der Waals surface area contributed by atoms with E-state index in [0.29, 0.717) is 13.0 Å². The first kappa shape index (κ1) is 13.8. The highest BCUT2D eigenvalue weighted by Crippen LogP contribution is 2.30. The predicted octanol–water partition coefficient (Wildman–Crippen LogP) is 2.11. The second-order valence-electron chi connectivity index (χ2n) is 4.73. The molecule has 1 fully saturated rings. The minimum absolute atomic E-state index is 0.0318. The fourth-order valence-corrected chi connectivity index (χ4v) is 2.72. The molecule has 0 saturated carbocycles. The van der Waals surface area contributed by atoms with Crippen molar-refractivity contribution >= 4 is 12.1 Å². The van der Waals surface area contributed by atoms with Gasteiger partial charge in [-0.2, -0.15) is 0 Å². The molecule has 2 unspecified atom stereocenters. The predicted molar refractivity (Wildman–Crippen MR) is 62.8 cm³/mol. The van der Waals surface area contributed by atoms with Crippen LogP contribution < -0.4 is 0 Å². The second kappa shape index (κ2) is 5.89. The number of carbonyl (C=O) groups excluding carboxylic acids is 1. The van der Waals surface area contributed by atoms with Crippen LogP contribution in [-0.4, -0.2) is 40.8 Å². The van der Waals surface area contributed by atoms with Crippen LogP contribution in [0.4, 0.5) is 4.79 Å². The maximum Gasteiger partial charge on any atom is 0.407 e. The van der Waals surface area contributed by atoms with Crippen LogP contribution >= 0.6 is 0 Å². The highest BCUT2D eigenvalue weighted by atomic mass is 16.5. The maximum absolute atomic E-state index is 11.4. The Labute approximate surface area is 102 Å². The summed E-state index contributed by atoms with van der Waals surface area (Å²) in [7, 11) is 0. The molecule has 0 aromatic rings. The molecule has 1 N–H and O–H groups in total. The van der Waals surface area contributed by atoms with Gasteiger partial charge in [-0.3, -0.25) is 4.79 Å². The summed E-state index contributed by atoms with van der Waals surface area (Å²) in [6.07, 6.45) is 0.987. The summed E-state index contributed by atoms with van der Waals surface area (Å²) in [6, 6.07) is -0.0636. The molecule has 1 rings (SSSR count). The molecule has 17 heavy (non-hydrogen) atoms. The molecule has 0 aromatic heterocycles. The third-order valence-electron chi connectivity index (χ3n) is 3.28. The van der Waals surface area contributed by atoms with Gasteiger partial charge in [0.2, 0.25) is 0 Å². The van der Waals surface area contributed by atoms with E-state index in [1.807, 2.05) is 13.8 Å². The average molecular weight is 243 g/mol. The zero-order valence-corrected chi connectivity index (χ0v) is 10.7. The van der Waals surface area contributed by atoms with Crippen LogP contribution in [0.15, 0.2) is 0 Å². The third kappa shape index (κ3) is 3.61. The van der Waals surface area contributed by atoms with Crippen molar-refractivity contribution in [2.75, 3.05) is 6.61 Å². The standard InChI is InChI=1S/C12H21NO4/c1-4-17-11(14)7-10-5-8(2)13(12(15)16)9(3)6-10/h8-10H,4-7H2,1-3H3,(H,15,16)/t8-,9?,10?/m1/s1. The van der Waals surface area contributed by atoms with Gasteiger partial charge in [0, 0.05) is 18.5 Å². The zero-order valence-electron chi connectivity index (χ0n) is 10.7. The minimum atomic E-state index is -0.875. The Kier molecular flexibility index (Phi) is 4.78. The first-order valence-electron chi connectivity index (χ1n) is 6.12. The van der Waals surface area contributed by atoms with Gasteiger partial charge >= 0.3 is 12.1 Å². The number of hydrogen-bond donors (Lipinski definition) is 1. The number of esters is 1. The smallest absolute Gasteiger partial charge is 0.407 e. The van der Waals surface area contributed by atoms with E-state index in [4.69, 9.17) is 9.84 Å². The van der Waals surface area contributed by atoms with E-state index in [-0.39, 0.29) is 24.0 Å². The summed E-state index contributed by atoms with van der Waals surface area (Å²) in [5.74, 6) is 0.0512. The summed E-state index contributed by atoms with van der Waals surface area (Å²) in [5, 5.41) is 9.07. The molecular weight excluding hydrogens is 222 g/mol. The van der Waals surface area contributed by atoms with Gasteiger partial charge in [0.1, 0.15) is 0 Å². The lowest BCUT2D eigenvalue weighted by molar-refractivity contribution is -0.144. The number of piperidine rings is 1. The molecule has 1 saturated heterocycles. The van der Waals surface area contributed by atoms with Crippen LogP contribution in [0.25, 0.3) is 0 Å². The number of amides is 1. The molecule has 1 aliphatic heterocycles. The molecule has 3 atom stereocenters. The van der Waals surface area contributed by atoms with Gasteiger partial charge in [0.05, 0.1) is 6.61 Å². The topological polar surface area (TPSA) is 66.8 Å². The van der Waals surface area contributed by atoms with E-state index < -0.39 is 6.09 Å². The van der Waals surface area contributed by atoms with Gasteiger partial charge < -0.3 is 14.7 Å². The second-order valence-corrected chi connectivity index (χ2v) is 4.73. The van der Waals surface area contributed by atoms with E-state index in [1.165, 1.54) is 4.90 Å². The van der Waals surface area contributed by atoms with Crippen molar-refractivity contribution in [1.82, 2.24) is 4.90 Å². The average Bonchev–Trinajstić information content (AvgIpc) is 2.15. The number of carboxylic acid groups (broad SMARTS) is 1. The van der Waals surface area contributed by atoms with E-state index in [9.17, 15) is 9.59 Å². The molecule has 0 radical (unpaired) electrons. The van der Waals surface area contributed by atoms with Gasteiger partial charge in [-0.25, -0.2) is 4.79 Å². The fraction of sp³-hybridized carbons (Fsp3) is 0.833. The summed E-state index contributed by atoms with van der Waals surface area (Å²) >= 11 is 0. The molecule has 5 heteroatoms. The zero-order chi connectivity index (χ0) is 13.0. The number of hydrogen-bond acceptors (Lipinski definition) is 3. The summed E-state index contributed by atoms with van der Waals surface area (Å²) < 4.78 is 4.92. The van der Waals surface area contributed by atoms with E-state index in [1.54, 1.807) is 6.92 Å². The van der Waals surface area contributed by atoms with Gasteiger partial charge in [-0.05, 0) is 39.5 Å². The Bertz CT molecular complexity index is 280. The number of rotatable bonds is 3. The lowest BCUT2D eigenvalue weighted by Crippen LogP contribution is -2.49. The largest absolute Gasteiger partial charge is 0.466 e. The Hall–Kier alpha value is -1.26. The highest BCUT2D eigenvalue weighted by Gasteiger charge is 2.34. The highest BCUT2D eigenvalue weighted by molar-refractivity contribution is 5.70. The van der Waals surface area contributed by atoms with Crippen LogP contribution in [-0.2, 0) is 9.53 Å². The van der Waals surface area contributed by atoms with Crippen LogP contribution in [0.5, 0.6) is 0 Å². The number of ether oxygens (including phenoxy) is 1. The van der Waals surface area contributed by atoms with Crippen LogP contribution in [0, 0.1) is 5.92 Å². The van der Waals surface area contributed by atoms with Crippen LogP contribution in [0.3, 0.4) is 0 Å². The quantitative estimate of drug-likeness (QED) is 0.771. The van der Waals surface area contributed by atoms with E-state index >= 15 is 0 Å². The van der Waals surface area contributed by atoms with Crippen molar-refractivity contribution in [3.63, 3.8) is 0 Å². The molecule has 5 nitrogen and oxygen atoms in total. The summed E-state index contributed by atoms with van der Waals surface area (Å²) in [6.45, 7) is 5.97. The van der Waals surface area contributed by atoms with Crippen LogP contribution in [0.1, 0.15) is 40.0 Å². The van der Waals surface area contributed by atoms with Crippen LogP contribution in [0.2, 0.25) is 0 Å². The molecule has 1 heterocycles. The third-order valence-corrected chi connectivity index (χ3v) is 3.28. The van der Waals surface area contributed by atoms with Crippen molar-refractivity contribution < 1.29 is 19.4 Å². The Morgan fingerprint density at radius 2 is 1.82 bits per heavy atom. The van der Waals surface area contributed by atoms with Crippen molar-refractivity contribution in [2.45, 2.75) is 52.1 Å². The SMILES string of the molecule is CCOC(=O)CC1CC(C)N(C(=O)O)[C@H](C)C1. The molecule has 1 amide bonds. The van der Waals surface area contributed by atoms with Gasteiger partial charge in [-0.1, -0.05) is 0 Å². The minimum Gasteiger partial charge on any atom is -0.466 e. The molecular formula is C12H21NO4. The number of carbonyl (C=O) groups is 2. The van der Waals surface area contributed by atoms with Gasteiger partial charge in [0.25, 0.3) is 0 Å². The molecule has 0 aliphatic carbocycles. The normalized spacial score (nSPS) is 28.9. The van der Waals surface area contributed by atoms with Gasteiger partial charge in [0.15, 0.2) is 0 Å². The Balaban J connectivity index is 2.53. The fourth-order valence-electron chi connectivity index (χ4n) is 2.72. The first-order valence-corrected chi connectivity index (χ1v) is 6.12. The molecule has 1 aliphatic rings. The summed E-state index contributed by atoms with van der Waals surface area (Å²) in [5.41, 5.74) is 0.